The van der Waals surface area contributed by atoms with Crippen LogP contribution in [-0.4, -0.2) is 5.11 Å². The van der Waals surface area contributed by atoms with Crippen LogP contribution in [0.25, 0.3) is 0 Å². The molecule has 1 N–H and O–H groups in total. The summed E-state index contributed by atoms with van der Waals surface area (Å²) in [6.07, 6.45) is 0.653. The zero-order valence-corrected chi connectivity index (χ0v) is 9.91. The lowest BCUT2D eigenvalue weighted by atomic mass is 10.0. The van der Waals surface area contributed by atoms with E-state index in [2.05, 4.69) is 0 Å². The Bertz CT molecular complexity index is 508. The maximum Gasteiger partial charge on any atom is 0.128 e. The predicted octanol–water partition coefficient (Wildman–Crippen LogP) is 3.56. The third kappa shape index (κ3) is 3.05. The van der Waals surface area contributed by atoms with Crippen molar-refractivity contribution in [2.24, 2.45) is 0 Å². The Kier molecular flexibility index (Phi) is 3.77. The van der Waals surface area contributed by atoms with Crippen LogP contribution in [0.3, 0.4) is 0 Å². The molecule has 0 aliphatic carbocycles. The van der Waals surface area contributed by atoms with Gasteiger partial charge in [0.05, 0.1) is 6.61 Å². The summed E-state index contributed by atoms with van der Waals surface area (Å²) in [5, 5.41) is 9.57. The Balaban J connectivity index is 2.19. The maximum atomic E-state index is 13.4. The van der Waals surface area contributed by atoms with Crippen molar-refractivity contribution in [3.8, 4) is 0 Å². The van der Waals surface area contributed by atoms with Gasteiger partial charge < -0.3 is 5.11 Å². The number of aliphatic hydroxyl groups is 1. The fraction of sp³-hybridized carbons (Fsp3) is 0.143. The summed E-state index contributed by atoms with van der Waals surface area (Å²) in [6.45, 7) is -0.271. The zero-order chi connectivity index (χ0) is 12.3. The second kappa shape index (κ2) is 5.30. The summed E-state index contributed by atoms with van der Waals surface area (Å²) in [5.74, 6) is -0.362. The van der Waals surface area contributed by atoms with Gasteiger partial charge in [-0.1, -0.05) is 35.9 Å². The topological polar surface area (TPSA) is 20.2 Å². The van der Waals surface area contributed by atoms with E-state index in [1.165, 1.54) is 6.07 Å². The van der Waals surface area contributed by atoms with Crippen molar-refractivity contribution in [2.75, 3.05) is 0 Å². The highest BCUT2D eigenvalue weighted by molar-refractivity contribution is 6.30. The quantitative estimate of drug-likeness (QED) is 0.883. The van der Waals surface area contributed by atoms with Gasteiger partial charge in [0, 0.05) is 10.6 Å². The van der Waals surface area contributed by atoms with Gasteiger partial charge in [-0.05, 0) is 35.7 Å². The first-order chi connectivity index (χ1) is 8.19. The Morgan fingerprint density at radius 1 is 1.00 bits per heavy atom. The smallest absolute Gasteiger partial charge is 0.128 e. The molecule has 0 fully saturated rings. The van der Waals surface area contributed by atoms with Gasteiger partial charge in [-0.3, -0.25) is 0 Å². The van der Waals surface area contributed by atoms with E-state index in [0.29, 0.717) is 17.0 Å². The Morgan fingerprint density at radius 2 is 1.65 bits per heavy atom. The molecule has 88 valence electrons. The first kappa shape index (κ1) is 12.1. The van der Waals surface area contributed by atoms with E-state index >= 15 is 0 Å². The Hall–Kier alpha value is -1.38. The van der Waals surface area contributed by atoms with Crippen molar-refractivity contribution in [3.63, 3.8) is 0 Å². The van der Waals surface area contributed by atoms with Crippen molar-refractivity contribution in [1.82, 2.24) is 0 Å². The first-order valence-electron chi connectivity index (χ1n) is 5.31. The van der Waals surface area contributed by atoms with Crippen LogP contribution in [0.15, 0.2) is 42.5 Å². The highest BCUT2D eigenvalue weighted by Gasteiger charge is 2.03. The van der Waals surface area contributed by atoms with Crippen LogP contribution in [0.5, 0.6) is 0 Å². The Labute approximate surface area is 104 Å². The lowest BCUT2D eigenvalue weighted by Gasteiger charge is -2.05. The minimum atomic E-state index is -0.362. The zero-order valence-electron chi connectivity index (χ0n) is 9.16. The van der Waals surface area contributed by atoms with Crippen LogP contribution in [0, 0.1) is 5.82 Å². The van der Waals surface area contributed by atoms with Crippen LogP contribution in [-0.2, 0) is 13.0 Å². The molecule has 0 aromatic heterocycles. The standard InChI is InChI=1S/C14H12ClFO/c15-13-5-2-10(3-6-13)7-11-1-4-12(9-17)14(16)8-11/h1-6,8,17H,7,9H2. The number of benzene rings is 2. The summed E-state index contributed by atoms with van der Waals surface area (Å²) < 4.78 is 13.4. The molecule has 1 nitrogen and oxygen atoms in total. The van der Waals surface area contributed by atoms with E-state index in [1.807, 2.05) is 30.3 Å². The number of hydrogen-bond acceptors (Lipinski definition) is 1. The van der Waals surface area contributed by atoms with Crippen LogP contribution >= 0.6 is 11.6 Å². The second-order valence-electron chi connectivity index (χ2n) is 3.89. The molecule has 0 spiro atoms. The molecule has 17 heavy (non-hydrogen) atoms. The number of rotatable bonds is 3. The summed E-state index contributed by atoms with van der Waals surface area (Å²) in [7, 11) is 0. The largest absolute Gasteiger partial charge is 0.392 e. The lowest BCUT2D eigenvalue weighted by Crippen LogP contribution is -1.94. The van der Waals surface area contributed by atoms with Gasteiger partial charge in [0.25, 0.3) is 0 Å². The summed E-state index contributed by atoms with van der Waals surface area (Å²) in [6, 6.07) is 12.4. The molecule has 0 bridgehead atoms. The molecular weight excluding hydrogens is 239 g/mol. The van der Waals surface area contributed by atoms with Crippen molar-refractivity contribution >= 4 is 11.6 Å². The molecule has 0 radical (unpaired) electrons. The van der Waals surface area contributed by atoms with Gasteiger partial charge in [0.2, 0.25) is 0 Å². The second-order valence-corrected chi connectivity index (χ2v) is 4.32. The molecule has 2 aromatic rings. The molecule has 0 unspecified atom stereocenters. The van der Waals surface area contributed by atoms with Gasteiger partial charge in [0.15, 0.2) is 0 Å². The molecule has 2 aromatic carbocycles. The fourth-order valence-corrected chi connectivity index (χ4v) is 1.79. The summed E-state index contributed by atoms with van der Waals surface area (Å²) in [5.41, 5.74) is 2.28. The van der Waals surface area contributed by atoms with Crippen molar-refractivity contribution in [3.05, 3.63) is 70.0 Å². The SMILES string of the molecule is OCc1ccc(Cc2ccc(Cl)cc2)cc1F. The van der Waals surface area contributed by atoms with E-state index in [-0.39, 0.29) is 12.4 Å². The summed E-state index contributed by atoms with van der Waals surface area (Å²) in [4.78, 5) is 0. The third-order valence-corrected chi connectivity index (χ3v) is 2.86. The number of halogens is 2. The van der Waals surface area contributed by atoms with Crippen LogP contribution < -0.4 is 0 Å². The maximum absolute atomic E-state index is 13.4. The van der Waals surface area contributed by atoms with Gasteiger partial charge in [0.1, 0.15) is 5.82 Å². The minimum absolute atomic E-state index is 0.271. The average molecular weight is 251 g/mol. The monoisotopic (exact) mass is 250 g/mol. The van der Waals surface area contributed by atoms with Gasteiger partial charge in [-0.15, -0.1) is 0 Å². The summed E-state index contributed by atoms with van der Waals surface area (Å²) >= 11 is 5.79. The van der Waals surface area contributed by atoms with Crippen molar-refractivity contribution in [2.45, 2.75) is 13.0 Å². The normalized spacial score (nSPS) is 10.5. The Morgan fingerprint density at radius 3 is 2.24 bits per heavy atom. The average Bonchev–Trinajstić information content (AvgIpc) is 2.32. The van der Waals surface area contributed by atoms with Gasteiger partial charge in [-0.25, -0.2) is 4.39 Å². The van der Waals surface area contributed by atoms with Crippen LogP contribution in [0.2, 0.25) is 5.02 Å². The molecule has 0 aliphatic heterocycles. The molecule has 2 rings (SSSR count). The van der Waals surface area contributed by atoms with Crippen LogP contribution in [0.1, 0.15) is 16.7 Å². The van der Waals surface area contributed by atoms with Crippen molar-refractivity contribution < 1.29 is 9.50 Å². The third-order valence-electron chi connectivity index (χ3n) is 2.61. The van der Waals surface area contributed by atoms with Gasteiger partial charge >= 0.3 is 0 Å². The molecule has 0 amide bonds. The molecule has 0 saturated carbocycles. The van der Waals surface area contributed by atoms with E-state index in [4.69, 9.17) is 16.7 Å². The minimum Gasteiger partial charge on any atom is -0.392 e. The highest BCUT2D eigenvalue weighted by Crippen LogP contribution is 2.16. The lowest BCUT2D eigenvalue weighted by molar-refractivity contribution is 0.275. The number of hydrogen-bond donors (Lipinski definition) is 1. The molecule has 0 heterocycles. The van der Waals surface area contributed by atoms with Crippen LogP contribution in [0.4, 0.5) is 4.39 Å². The van der Waals surface area contributed by atoms with E-state index in [0.717, 1.165) is 11.1 Å². The molecular formula is C14H12ClFO. The van der Waals surface area contributed by atoms with E-state index < -0.39 is 0 Å². The first-order valence-corrected chi connectivity index (χ1v) is 5.69. The van der Waals surface area contributed by atoms with E-state index in [1.54, 1.807) is 6.07 Å². The van der Waals surface area contributed by atoms with Gasteiger partial charge in [-0.2, -0.15) is 0 Å². The highest BCUT2D eigenvalue weighted by atomic mass is 35.5. The molecule has 3 heteroatoms. The molecule has 0 aliphatic rings. The molecule has 0 saturated heterocycles. The number of aliphatic hydroxyl groups excluding tert-OH is 1. The molecule has 0 atom stereocenters. The predicted molar refractivity (Wildman–Crippen MR) is 66.6 cm³/mol. The van der Waals surface area contributed by atoms with E-state index in [9.17, 15) is 4.39 Å². The fourth-order valence-electron chi connectivity index (χ4n) is 1.67. The van der Waals surface area contributed by atoms with Crippen molar-refractivity contribution in [1.29, 1.82) is 0 Å².